The third-order valence-corrected chi connectivity index (χ3v) is 3.82. The number of rotatable bonds is 8. The van der Waals surface area contributed by atoms with E-state index in [2.05, 4.69) is 10.1 Å². The van der Waals surface area contributed by atoms with Crippen molar-refractivity contribution in [1.82, 2.24) is 5.32 Å². The summed E-state index contributed by atoms with van der Waals surface area (Å²) in [6, 6.07) is 17.5. The van der Waals surface area contributed by atoms with Crippen LogP contribution in [0, 0.1) is 0 Å². The van der Waals surface area contributed by atoms with Crippen LogP contribution < -0.4 is 5.32 Å². The molecular weight excluding hydrogens is 318 g/mol. The molecule has 0 saturated carbocycles. The molecule has 0 aliphatic heterocycles. The molecule has 0 aromatic heterocycles. The van der Waals surface area contributed by atoms with Crippen LogP contribution in [0.4, 0.5) is 0 Å². The highest BCUT2D eigenvalue weighted by molar-refractivity contribution is 5.98. The van der Waals surface area contributed by atoms with Gasteiger partial charge in [0, 0.05) is 12.0 Å². The van der Waals surface area contributed by atoms with Gasteiger partial charge in [0.1, 0.15) is 0 Å². The van der Waals surface area contributed by atoms with Crippen molar-refractivity contribution in [2.24, 2.45) is 0 Å². The first-order valence-electron chi connectivity index (χ1n) is 8.09. The van der Waals surface area contributed by atoms with Gasteiger partial charge in [0.05, 0.1) is 19.6 Å². The zero-order chi connectivity index (χ0) is 18.1. The third-order valence-electron chi connectivity index (χ3n) is 3.82. The third kappa shape index (κ3) is 5.88. The maximum absolute atomic E-state index is 12.5. The molecule has 1 N–H and O–H groups in total. The van der Waals surface area contributed by atoms with E-state index < -0.39 is 12.0 Å². The lowest BCUT2D eigenvalue weighted by atomic mass is 9.99. The molecule has 5 nitrogen and oxygen atoms in total. The Morgan fingerprint density at radius 3 is 2.12 bits per heavy atom. The van der Waals surface area contributed by atoms with E-state index in [0.717, 1.165) is 5.56 Å². The molecule has 0 spiro atoms. The quantitative estimate of drug-likeness (QED) is 0.750. The van der Waals surface area contributed by atoms with Crippen LogP contribution >= 0.6 is 0 Å². The number of Topliss-reactive ketones (excluding diaryl/α,β-unsaturated/α-hetero) is 1. The maximum Gasteiger partial charge on any atom is 0.305 e. The molecule has 0 bridgehead atoms. The van der Waals surface area contributed by atoms with E-state index in [1.165, 1.54) is 7.11 Å². The van der Waals surface area contributed by atoms with Crippen LogP contribution in [-0.4, -0.2) is 30.8 Å². The predicted molar refractivity (Wildman–Crippen MR) is 94.1 cm³/mol. The molecule has 25 heavy (non-hydrogen) atoms. The molecule has 1 atom stereocenters. The minimum atomic E-state index is -0.695. The topological polar surface area (TPSA) is 72.5 Å². The van der Waals surface area contributed by atoms with Gasteiger partial charge >= 0.3 is 5.97 Å². The van der Waals surface area contributed by atoms with Crippen molar-refractivity contribution < 1.29 is 19.1 Å². The zero-order valence-corrected chi connectivity index (χ0v) is 14.1. The summed E-state index contributed by atoms with van der Waals surface area (Å²) in [4.78, 5) is 36.2. The van der Waals surface area contributed by atoms with Crippen LogP contribution in [-0.2, 0) is 20.7 Å². The van der Waals surface area contributed by atoms with E-state index in [4.69, 9.17) is 0 Å². The fourth-order valence-electron chi connectivity index (χ4n) is 2.43. The summed E-state index contributed by atoms with van der Waals surface area (Å²) in [7, 11) is 1.28. The van der Waals surface area contributed by atoms with Crippen molar-refractivity contribution in [3.05, 3.63) is 71.8 Å². The van der Waals surface area contributed by atoms with Gasteiger partial charge in [0.15, 0.2) is 5.78 Å². The monoisotopic (exact) mass is 339 g/mol. The Labute approximate surface area is 147 Å². The Morgan fingerprint density at radius 2 is 1.52 bits per heavy atom. The molecule has 130 valence electrons. The lowest BCUT2D eigenvalue weighted by Gasteiger charge is -2.18. The van der Waals surface area contributed by atoms with E-state index >= 15 is 0 Å². The molecule has 0 aliphatic carbocycles. The highest BCUT2D eigenvalue weighted by Crippen LogP contribution is 2.09. The smallest absolute Gasteiger partial charge is 0.305 e. The average molecular weight is 339 g/mol. The fraction of sp³-hybridized carbons (Fsp3) is 0.250. The number of hydrogen-bond acceptors (Lipinski definition) is 4. The molecule has 2 rings (SSSR count). The van der Waals surface area contributed by atoms with Crippen LogP contribution in [0.3, 0.4) is 0 Å². The zero-order valence-electron chi connectivity index (χ0n) is 14.1. The number of ketones is 1. The van der Waals surface area contributed by atoms with E-state index in [9.17, 15) is 14.4 Å². The second-order valence-corrected chi connectivity index (χ2v) is 5.62. The van der Waals surface area contributed by atoms with Crippen LogP contribution in [0.25, 0.3) is 0 Å². The Morgan fingerprint density at radius 1 is 0.920 bits per heavy atom. The number of amides is 1. The van der Waals surface area contributed by atoms with Gasteiger partial charge in [-0.3, -0.25) is 14.4 Å². The lowest BCUT2D eigenvalue weighted by molar-refractivity contribution is -0.142. The Balaban J connectivity index is 2.09. The van der Waals surface area contributed by atoms with Crippen LogP contribution in [0.15, 0.2) is 60.7 Å². The molecule has 1 amide bonds. The summed E-state index contributed by atoms with van der Waals surface area (Å²) >= 11 is 0. The van der Waals surface area contributed by atoms with Crippen molar-refractivity contribution in [3.63, 3.8) is 0 Å². The average Bonchev–Trinajstić information content (AvgIpc) is 2.66. The van der Waals surface area contributed by atoms with Crippen molar-refractivity contribution in [2.45, 2.75) is 25.3 Å². The van der Waals surface area contributed by atoms with Gasteiger partial charge in [-0.05, 0) is 24.1 Å². The molecule has 2 aromatic rings. The summed E-state index contributed by atoms with van der Waals surface area (Å²) in [6.07, 6.45) is 0.403. The van der Waals surface area contributed by atoms with Gasteiger partial charge < -0.3 is 10.1 Å². The highest BCUT2D eigenvalue weighted by atomic mass is 16.5. The standard InChI is InChI=1S/C20H21NO4/c1-25-19(23)13-12-18(22)17(14-15-8-4-2-5-9-15)21-20(24)16-10-6-3-7-11-16/h2-11,17H,12-14H2,1H3,(H,21,24). The molecule has 0 saturated heterocycles. The van der Waals surface area contributed by atoms with E-state index in [0.29, 0.717) is 12.0 Å². The normalized spacial score (nSPS) is 11.4. The lowest BCUT2D eigenvalue weighted by Crippen LogP contribution is -2.42. The number of hydrogen-bond donors (Lipinski definition) is 1. The van der Waals surface area contributed by atoms with Gasteiger partial charge in [0.2, 0.25) is 0 Å². The largest absolute Gasteiger partial charge is 0.469 e. The number of nitrogens with one attached hydrogen (secondary N) is 1. The van der Waals surface area contributed by atoms with Crippen LogP contribution in [0.2, 0.25) is 0 Å². The Hall–Kier alpha value is -2.95. The second kappa shape index (κ2) is 9.37. The van der Waals surface area contributed by atoms with Crippen molar-refractivity contribution in [1.29, 1.82) is 0 Å². The van der Waals surface area contributed by atoms with Crippen molar-refractivity contribution in [3.8, 4) is 0 Å². The number of ether oxygens (including phenoxy) is 1. The van der Waals surface area contributed by atoms with Gasteiger partial charge in [0.25, 0.3) is 5.91 Å². The summed E-state index contributed by atoms with van der Waals surface area (Å²) in [5.74, 6) is -0.951. The molecular formula is C20H21NO4. The van der Waals surface area contributed by atoms with E-state index in [1.807, 2.05) is 36.4 Å². The van der Waals surface area contributed by atoms with Crippen molar-refractivity contribution in [2.75, 3.05) is 7.11 Å². The van der Waals surface area contributed by atoms with Gasteiger partial charge in [-0.1, -0.05) is 48.5 Å². The molecule has 5 heteroatoms. The van der Waals surface area contributed by atoms with E-state index in [-0.39, 0.29) is 24.5 Å². The highest BCUT2D eigenvalue weighted by Gasteiger charge is 2.22. The summed E-state index contributed by atoms with van der Waals surface area (Å²) in [5.41, 5.74) is 1.42. The Kier molecular flexibility index (Phi) is 6.89. The SMILES string of the molecule is COC(=O)CCC(=O)C(Cc1ccccc1)NC(=O)c1ccccc1. The molecule has 1 unspecified atom stereocenters. The number of benzene rings is 2. The summed E-state index contributed by atoms with van der Waals surface area (Å²) < 4.78 is 4.57. The number of carbonyl (C=O) groups excluding carboxylic acids is 3. The van der Waals surface area contributed by atoms with Gasteiger partial charge in [-0.2, -0.15) is 0 Å². The number of esters is 1. The minimum Gasteiger partial charge on any atom is -0.469 e. The second-order valence-electron chi connectivity index (χ2n) is 5.62. The first-order valence-corrected chi connectivity index (χ1v) is 8.09. The molecule has 0 fully saturated rings. The molecule has 0 heterocycles. The number of carbonyl (C=O) groups is 3. The summed E-state index contributed by atoms with van der Waals surface area (Å²) in [5, 5.41) is 2.78. The summed E-state index contributed by atoms with van der Waals surface area (Å²) in [6.45, 7) is 0. The van der Waals surface area contributed by atoms with Gasteiger partial charge in [-0.15, -0.1) is 0 Å². The van der Waals surface area contributed by atoms with Gasteiger partial charge in [-0.25, -0.2) is 0 Å². The molecule has 0 aliphatic rings. The van der Waals surface area contributed by atoms with Crippen molar-refractivity contribution >= 4 is 17.7 Å². The first-order chi connectivity index (χ1) is 12.1. The molecule has 0 radical (unpaired) electrons. The van der Waals surface area contributed by atoms with E-state index in [1.54, 1.807) is 24.3 Å². The van der Waals surface area contributed by atoms with Crippen LogP contribution in [0.5, 0.6) is 0 Å². The fourth-order valence-corrected chi connectivity index (χ4v) is 2.43. The minimum absolute atomic E-state index is 0.00182. The predicted octanol–water partition coefficient (Wildman–Crippen LogP) is 2.55. The maximum atomic E-state index is 12.5. The molecule has 2 aromatic carbocycles. The number of methoxy groups -OCH3 is 1. The first kappa shape index (κ1) is 18.4. The van der Waals surface area contributed by atoms with Crippen LogP contribution in [0.1, 0.15) is 28.8 Å². The Bertz CT molecular complexity index is 713.